The Hall–Kier alpha value is -3.42. The summed E-state index contributed by atoms with van der Waals surface area (Å²) in [7, 11) is 0. The zero-order valence-electron chi connectivity index (χ0n) is 21.4. The topological polar surface area (TPSA) is 73.9 Å². The number of hydrogen-bond donors (Lipinski definition) is 2. The molecule has 37 heavy (non-hydrogen) atoms. The molecule has 7 heteroatoms. The fourth-order valence-electron chi connectivity index (χ4n) is 4.25. The van der Waals surface area contributed by atoms with Crippen molar-refractivity contribution in [1.82, 2.24) is 25.4 Å². The Labute approximate surface area is 222 Å². The first-order valence-electron chi connectivity index (χ1n) is 13.0. The Morgan fingerprint density at radius 2 is 1.95 bits per heavy atom. The normalized spacial score (nSPS) is 13.6. The number of carbonyl (C=O) groups excluding carboxylic acids is 1. The molecular weight excluding hydrogens is 478 g/mol. The lowest BCUT2D eigenvalue weighted by atomic mass is 10.1. The largest absolute Gasteiger partial charge is 0.349 e. The zero-order valence-corrected chi connectivity index (χ0v) is 22.2. The van der Waals surface area contributed by atoms with Crippen molar-refractivity contribution in [2.75, 3.05) is 19.6 Å². The van der Waals surface area contributed by atoms with Crippen molar-refractivity contribution in [1.29, 1.82) is 0 Å². The van der Waals surface area contributed by atoms with E-state index in [4.69, 9.17) is 0 Å². The second-order valence-corrected chi connectivity index (χ2v) is 10.5. The van der Waals surface area contributed by atoms with Gasteiger partial charge in [-0.1, -0.05) is 43.8 Å². The molecule has 190 valence electrons. The van der Waals surface area contributed by atoms with E-state index in [0.29, 0.717) is 6.04 Å². The maximum absolute atomic E-state index is 12.7. The number of benzene rings is 2. The molecule has 2 heterocycles. The minimum Gasteiger partial charge on any atom is -0.349 e. The summed E-state index contributed by atoms with van der Waals surface area (Å²) in [5.41, 5.74) is 4.73. The third-order valence-electron chi connectivity index (χ3n) is 6.71. The van der Waals surface area contributed by atoms with Crippen LogP contribution < -0.4 is 5.32 Å². The van der Waals surface area contributed by atoms with Gasteiger partial charge in [-0.15, -0.1) is 0 Å². The lowest BCUT2D eigenvalue weighted by Gasteiger charge is -2.17. The van der Waals surface area contributed by atoms with Crippen LogP contribution in [0.25, 0.3) is 23.1 Å². The molecule has 0 bridgehead atoms. The van der Waals surface area contributed by atoms with Crippen LogP contribution in [-0.2, 0) is 6.42 Å². The lowest BCUT2D eigenvalue weighted by molar-refractivity contribution is 0.0948. The number of aromatic amines is 1. The van der Waals surface area contributed by atoms with Crippen LogP contribution in [0.15, 0.2) is 70.6 Å². The molecule has 1 saturated carbocycles. The first-order chi connectivity index (χ1) is 18.1. The number of rotatable bonds is 11. The van der Waals surface area contributed by atoms with Crippen molar-refractivity contribution in [3.8, 4) is 0 Å². The minimum absolute atomic E-state index is 0.00572. The van der Waals surface area contributed by atoms with Gasteiger partial charge < -0.3 is 10.2 Å². The van der Waals surface area contributed by atoms with Gasteiger partial charge in [-0.3, -0.25) is 14.9 Å². The van der Waals surface area contributed by atoms with Gasteiger partial charge in [0.15, 0.2) is 0 Å². The molecule has 6 nitrogen and oxygen atoms in total. The number of amides is 1. The molecule has 2 N–H and O–H groups in total. The van der Waals surface area contributed by atoms with Crippen LogP contribution in [0.1, 0.15) is 54.0 Å². The highest BCUT2D eigenvalue weighted by Crippen LogP contribution is 2.33. The summed E-state index contributed by atoms with van der Waals surface area (Å²) in [6.45, 7) is 7.61. The summed E-state index contributed by atoms with van der Waals surface area (Å²) in [6, 6.07) is 18.6. The molecule has 2 aromatic carbocycles. The standard InChI is InChI=1S/C30H33N5OS/c1-3-35(4-2)18-17-21-9-10-22(31-20-21)13-16-27-25-15-14-24(19-28(25)34-33-27)37-29-8-6-5-7-26(29)30(36)32-23-11-12-23/h5-10,13-16,19-20,23H,3-4,11-12,17-18H2,1-2H3,(H,32,36)(H,33,34)/b16-13+. The quantitative estimate of drug-likeness (QED) is 0.256. The van der Waals surface area contributed by atoms with Gasteiger partial charge >= 0.3 is 0 Å². The monoisotopic (exact) mass is 511 g/mol. The highest BCUT2D eigenvalue weighted by atomic mass is 32.2. The smallest absolute Gasteiger partial charge is 0.252 e. The van der Waals surface area contributed by atoms with Crippen molar-refractivity contribution in [2.45, 2.75) is 48.9 Å². The van der Waals surface area contributed by atoms with Crippen molar-refractivity contribution in [3.05, 3.63) is 83.3 Å². The molecular formula is C30H33N5OS. The Morgan fingerprint density at radius 1 is 1.11 bits per heavy atom. The van der Waals surface area contributed by atoms with Crippen molar-refractivity contribution in [3.63, 3.8) is 0 Å². The SMILES string of the molecule is CCN(CC)CCc1ccc(/C=C/c2n[nH]c3cc(Sc4ccccc4C(=O)NC4CC4)ccc23)nc1. The van der Waals surface area contributed by atoms with Gasteiger partial charge in [-0.05, 0) is 86.5 Å². The number of pyridine rings is 1. The van der Waals surface area contributed by atoms with Crippen molar-refractivity contribution in [2.24, 2.45) is 0 Å². The minimum atomic E-state index is 0.00572. The van der Waals surface area contributed by atoms with Crippen LogP contribution in [0.4, 0.5) is 0 Å². The van der Waals surface area contributed by atoms with Crippen LogP contribution in [-0.4, -0.2) is 51.7 Å². The number of nitrogens with zero attached hydrogens (tertiary/aromatic N) is 3. The van der Waals surface area contributed by atoms with E-state index in [1.807, 2.05) is 42.6 Å². The fraction of sp³-hybridized carbons (Fsp3) is 0.300. The summed E-state index contributed by atoms with van der Waals surface area (Å²) >= 11 is 1.59. The van der Waals surface area contributed by atoms with E-state index in [1.54, 1.807) is 11.8 Å². The van der Waals surface area contributed by atoms with E-state index in [0.717, 1.165) is 76.5 Å². The highest BCUT2D eigenvalue weighted by Gasteiger charge is 2.24. The van der Waals surface area contributed by atoms with Gasteiger partial charge in [0, 0.05) is 34.0 Å². The number of fused-ring (bicyclic) bond motifs is 1. The van der Waals surface area contributed by atoms with Crippen molar-refractivity contribution >= 4 is 40.7 Å². The van der Waals surface area contributed by atoms with E-state index < -0.39 is 0 Å². The van der Waals surface area contributed by atoms with Gasteiger partial charge in [0.25, 0.3) is 5.91 Å². The van der Waals surface area contributed by atoms with Crippen LogP contribution in [0.3, 0.4) is 0 Å². The van der Waals surface area contributed by atoms with Crippen LogP contribution in [0, 0.1) is 0 Å². The Balaban J connectivity index is 1.25. The second-order valence-electron chi connectivity index (χ2n) is 9.36. The third kappa shape index (κ3) is 6.48. The third-order valence-corrected chi connectivity index (χ3v) is 7.77. The summed E-state index contributed by atoms with van der Waals surface area (Å²) in [4.78, 5) is 21.7. The Morgan fingerprint density at radius 3 is 2.70 bits per heavy atom. The molecule has 0 unspecified atom stereocenters. The van der Waals surface area contributed by atoms with E-state index in [-0.39, 0.29) is 5.91 Å². The van der Waals surface area contributed by atoms with Crippen molar-refractivity contribution < 1.29 is 4.79 Å². The summed E-state index contributed by atoms with van der Waals surface area (Å²) < 4.78 is 0. The summed E-state index contributed by atoms with van der Waals surface area (Å²) in [6.07, 6.45) is 9.14. The molecule has 0 aliphatic heterocycles. The predicted molar refractivity (Wildman–Crippen MR) is 152 cm³/mol. The number of H-pyrrole nitrogens is 1. The van der Waals surface area contributed by atoms with Gasteiger partial charge in [-0.2, -0.15) is 5.10 Å². The second kappa shape index (κ2) is 11.8. The van der Waals surface area contributed by atoms with Crippen LogP contribution in [0.5, 0.6) is 0 Å². The molecule has 0 spiro atoms. The maximum Gasteiger partial charge on any atom is 0.252 e. The maximum atomic E-state index is 12.7. The van der Waals surface area contributed by atoms with Crippen LogP contribution in [0.2, 0.25) is 0 Å². The number of nitrogens with one attached hydrogen (secondary N) is 2. The summed E-state index contributed by atoms with van der Waals surface area (Å²) in [5.74, 6) is 0.00572. The average molecular weight is 512 g/mol. The molecule has 1 fully saturated rings. The Bertz CT molecular complexity index is 1390. The fourth-order valence-corrected chi connectivity index (χ4v) is 5.23. The van der Waals surface area contributed by atoms with Gasteiger partial charge in [0.05, 0.1) is 22.5 Å². The van der Waals surface area contributed by atoms with E-state index >= 15 is 0 Å². The Kier molecular flexibility index (Phi) is 8.02. The molecule has 1 amide bonds. The molecule has 0 atom stereocenters. The number of hydrogen-bond acceptors (Lipinski definition) is 5. The molecule has 5 rings (SSSR count). The first-order valence-corrected chi connectivity index (χ1v) is 13.9. The molecule has 0 radical (unpaired) electrons. The van der Waals surface area contributed by atoms with Gasteiger partial charge in [-0.25, -0.2) is 0 Å². The zero-order chi connectivity index (χ0) is 25.6. The van der Waals surface area contributed by atoms with Gasteiger partial charge in [0.2, 0.25) is 0 Å². The highest BCUT2D eigenvalue weighted by molar-refractivity contribution is 7.99. The van der Waals surface area contributed by atoms with E-state index in [2.05, 4.69) is 69.6 Å². The number of carbonyl (C=O) groups is 1. The molecule has 0 saturated heterocycles. The number of likely N-dealkylation sites (N-methyl/N-ethyl adjacent to an activating group) is 1. The number of aromatic nitrogens is 3. The molecule has 1 aliphatic rings. The predicted octanol–water partition coefficient (Wildman–Crippen LogP) is 6.06. The van der Waals surface area contributed by atoms with Crippen LogP contribution >= 0.6 is 11.8 Å². The van der Waals surface area contributed by atoms with E-state index in [9.17, 15) is 4.79 Å². The summed E-state index contributed by atoms with van der Waals surface area (Å²) in [5, 5.41) is 11.8. The van der Waals surface area contributed by atoms with Gasteiger partial charge in [0.1, 0.15) is 0 Å². The first kappa shape index (κ1) is 25.2. The molecule has 2 aromatic heterocycles. The molecule has 1 aliphatic carbocycles. The lowest BCUT2D eigenvalue weighted by Crippen LogP contribution is -2.25. The van der Waals surface area contributed by atoms with E-state index in [1.165, 1.54) is 5.56 Å². The molecule has 4 aromatic rings. The average Bonchev–Trinajstić information content (AvgIpc) is 3.65.